The molecule has 0 aliphatic heterocycles. The van der Waals surface area contributed by atoms with Gasteiger partial charge in [-0.2, -0.15) is 5.10 Å². The second-order valence-corrected chi connectivity index (χ2v) is 15.1. The highest BCUT2D eigenvalue weighted by molar-refractivity contribution is 7.22. The number of aromatic nitrogens is 6. The average molecular weight is 627 g/mol. The Bertz CT molecular complexity index is 1840. The van der Waals surface area contributed by atoms with E-state index >= 15 is 0 Å². The molecule has 1 aromatic carbocycles. The van der Waals surface area contributed by atoms with E-state index in [0.717, 1.165) is 56.5 Å². The Hall–Kier alpha value is -3.90. The maximum atomic E-state index is 12.4. The molecule has 10 nitrogen and oxygen atoms in total. The van der Waals surface area contributed by atoms with Crippen LogP contribution in [0.1, 0.15) is 60.3 Å². The molecule has 9 rings (SSSR count). The van der Waals surface area contributed by atoms with Crippen molar-refractivity contribution >= 4 is 60.8 Å². The largest absolute Gasteiger partial charge is 0.476 e. The third-order valence-corrected chi connectivity index (χ3v) is 12.1. The lowest BCUT2D eigenvalue weighted by atomic mass is 9.49. The number of carboxylic acids is 1. The van der Waals surface area contributed by atoms with Crippen molar-refractivity contribution < 1.29 is 9.90 Å². The molecule has 12 heteroatoms. The summed E-state index contributed by atoms with van der Waals surface area (Å²) in [5, 5.41) is 28.4. The minimum atomic E-state index is -1.05. The van der Waals surface area contributed by atoms with E-state index in [-0.39, 0.29) is 5.69 Å². The number of nitrogens with one attached hydrogen (secondary N) is 1. The number of hydrogen-bond acceptors (Lipinski definition) is 10. The van der Waals surface area contributed by atoms with Crippen LogP contribution in [0, 0.1) is 37.0 Å². The Kier molecular flexibility index (Phi) is 6.49. The molecular weight excluding hydrogens is 593 g/mol. The molecule has 0 radical (unpaired) electrons. The van der Waals surface area contributed by atoms with E-state index in [0.29, 0.717) is 27.1 Å². The van der Waals surface area contributed by atoms with Crippen LogP contribution >= 0.6 is 22.7 Å². The van der Waals surface area contributed by atoms with Gasteiger partial charge in [0.25, 0.3) is 0 Å². The molecule has 0 amide bonds. The van der Waals surface area contributed by atoms with Crippen molar-refractivity contribution in [3.63, 3.8) is 0 Å². The van der Waals surface area contributed by atoms with Crippen molar-refractivity contribution in [3.05, 3.63) is 53.5 Å². The van der Waals surface area contributed by atoms with Gasteiger partial charge in [0.1, 0.15) is 0 Å². The number of carboxylic acid groups (broad SMARTS) is 1. The quantitative estimate of drug-likeness (QED) is 0.181. The van der Waals surface area contributed by atoms with Crippen molar-refractivity contribution in [3.8, 4) is 10.4 Å². The average Bonchev–Trinajstić information content (AvgIpc) is 3.69. The van der Waals surface area contributed by atoms with E-state index in [1.807, 2.05) is 50.5 Å². The maximum Gasteiger partial charge on any atom is 0.356 e. The smallest absolute Gasteiger partial charge is 0.356 e. The molecule has 226 valence electrons. The number of benzene rings is 1. The molecule has 4 aliphatic rings. The summed E-state index contributed by atoms with van der Waals surface area (Å²) in [6.45, 7) is 4.94. The summed E-state index contributed by atoms with van der Waals surface area (Å²) >= 11 is 2.91. The van der Waals surface area contributed by atoms with E-state index in [1.54, 1.807) is 16.2 Å². The van der Waals surface area contributed by atoms with Gasteiger partial charge in [-0.05, 0) is 99.3 Å². The number of nitrogens with zero attached hydrogens (tertiary/aromatic N) is 7. The summed E-state index contributed by atoms with van der Waals surface area (Å²) in [4.78, 5) is 24.0. The molecule has 4 saturated carbocycles. The first-order valence-electron chi connectivity index (χ1n) is 15.2. The van der Waals surface area contributed by atoms with Crippen LogP contribution in [0.15, 0.2) is 36.5 Å². The molecule has 4 fully saturated rings. The molecule has 4 aromatic heterocycles. The van der Waals surface area contributed by atoms with Crippen LogP contribution in [0.25, 0.3) is 20.7 Å². The normalized spacial score (nSPS) is 23.8. The van der Waals surface area contributed by atoms with Crippen molar-refractivity contribution in [2.75, 3.05) is 17.3 Å². The summed E-state index contributed by atoms with van der Waals surface area (Å²) in [7, 11) is 1.83. The van der Waals surface area contributed by atoms with Gasteiger partial charge in [0, 0.05) is 24.8 Å². The SMILES string of the molecule is Cc1cc(N(C)c2nc(C(=O)O)c(-c3cnn(CC45CC6CC(CC(C6)C4)C5)c3C)s2)nnc1Nc1nc2ccccc2s1. The van der Waals surface area contributed by atoms with Crippen LogP contribution < -0.4 is 10.2 Å². The summed E-state index contributed by atoms with van der Waals surface area (Å²) in [5.41, 5.74) is 4.03. The van der Waals surface area contributed by atoms with Gasteiger partial charge in [0.15, 0.2) is 27.6 Å². The standard InChI is InChI=1S/C32H34N8O2S2/c1-17-8-25(37-38-28(17)36-30-34-23-6-4-5-7-24(23)43-30)39(3)31-35-26(29(41)42)27(44-31)22-15-33-40(18(22)2)16-32-12-19-9-20(13-32)11-21(10-19)14-32/h4-8,15,19-21H,9-14,16H2,1-3H3,(H,41,42)(H,34,36,38). The van der Waals surface area contributed by atoms with E-state index in [4.69, 9.17) is 5.10 Å². The number of fused-ring (bicyclic) bond motifs is 1. The van der Waals surface area contributed by atoms with Gasteiger partial charge in [-0.3, -0.25) is 4.68 Å². The third kappa shape index (κ3) is 4.75. The topological polar surface area (TPSA) is 122 Å². The van der Waals surface area contributed by atoms with Gasteiger partial charge in [-0.15, -0.1) is 10.2 Å². The predicted octanol–water partition coefficient (Wildman–Crippen LogP) is 7.45. The van der Waals surface area contributed by atoms with E-state index in [2.05, 4.69) is 37.1 Å². The van der Waals surface area contributed by atoms with Crippen molar-refractivity contribution in [1.29, 1.82) is 0 Å². The van der Waals surface area contributed by atoms with Crippen LogP contribution in [0.3, 0.4) is 0 Å². The molecule has 5 aromatic rings. The summed E-state index contributed by atoms with van der Waals surface area (Å²) in [6.07, 6.45) is 9.97. The molecule has 0 spiro atoms. The van der Waals surface area contributed by atoms with Crippen LogP contribution in [0.2, 0.25) is 0 Å². The number of carbonyl (C=O) groups is 1. The van der Waals surface area contributed by atoms with Gasteiger partial charge in [-0.25, -0.2) is 14.8 Å². The predicted molar refractivity (Wildman–Crippen MR) is 173 cm³/mol. The number of hydrogen-bond donors (Lipinski definition) is 2. The molecule has 0 atom stereocenters. The van der Waals surface area contributed by atoms with Crippen LogP contribution in [-0.2, 0) is 6.54 Å². The van der Waals surface area contributed by atoms with Crippen molar-refractivity contribution in [2.45, 2.75) is 58.9 Å². The lowest BCUT2D eigenvalue weighted by Gasteiger charge is -2.56. The monoisotopic (exact) mass is 626 g/mol. The number of anilines is 4. The molecule has 0 unspecified atom stereocenters. The zero-order valence-corrected chi connectivity index (χ0v) is 26.6. The minimum Gasteiger partial charge on any atom is -0.476 e. The lowest BCUT2D eigenvalue weighted by molar-refractivity contribution is -0.0638. The second kappa shape index (κ2) is 10.3. The van der Waals surface area contributed by atoms with E-state index in [1.165, 1.54) is 49.9 Å². The Balaban J connectivity index is 1.05. The first kappa shape index (κ1) is 27.6. The first-order valence-corrected chi connectivity index (χ1v) is 16.8. The molecule has 4 heterocycles. The van der Waals surface area contributed by atoms with Gasteiger partial charge in [-0.1, -0.05) is 34.8 Å². The molecular formula is C32H34N8O2S2. The fourth-order valence-electron chi connectivity index (χ4n) is 8.29. The molecule has 4 bridgehead atoms. The second-order valence-electron chi connectivity index (χ2n) is 13.1. The Morgan fingerprint density at radius 3 is 2.48 bits per heavy atom. The minimum absolute atomic E-state index is 0.0353. The highest BCUT2D eigenvalue weighted by Gasteiger charge is 2.51. The number of rotatable bonds is 8. The van der Waals surface area contributed by atoms with Crippen molar-refractivity contribution in [2.24, 2.45) is 23.2 Å². The van der Waals surface area contributed by atoms with Crippen LogP contribution in [-0.4, -0.2) is 48.1 Å². The maximum absolute atomic E-state index is 12.4. The lowest BCUT2D eigenvalue weighted by Crippen LogP contribution is -2.48. The molecule has 44 heavy (non-hydrogen) atoms. The van der Waals surface area contributed by atoms with Crippen LogP contribution in [0.5, 0.6) is 0 Å². The van der Waals surface area contributed by atoms with Gasteiger partial charge < -0.3 is 15.3 Å². The molecule has 2 N–H and O–H groups in total. The van der Waals surface area contributed by atoms with Crippen molar-refractivity contribution in [1.82, 2.24) is 29.9 Å². The third-order valence-electron chi connectivity index (χ3n) is 9.94. The first-order chi connectivity index (χ1) is 21.2. The molecule has 4 aliphatic carbocycles. The number of aryl methyl sites for hydroxylation is 1. The summed E-state index contributed by atoms with van der Waals surface area (Å²) in [5.74, 6) is 2.76. The highest BCUT2D eigenvalue weighted by Crippen LogP contribution is 2.60. The number of para-hydroxylation sites is 1. The van der Waals surface area contributed by atoms with E-state index in [9.17, 15) is 9.90 Å². The zero-order chi connectivity index (χ0) is 30.2. The zero-order valence-electron chi connectivity index (χ0n) is 24.9. The number of aromatic carboxylic acids is 1. The van der Waals surface area contributed by atoms with Gasteiger partial charge >= 0.3 is 5.97 Å². The summed E-state index contributed by atoms with van der Waals surface area (Å²) < 4.78 is 3.22. The highest BCUT2D eigenvalue weighted by atomic mass is 32.1. The fourth-order valence-corrected chi connectivity index (χ4v) is 10.2. The molecule has 0 saturated heterocycles. The fraction of sp³-hybridized carbons (Fsp3) is 0.438. The Morgan fingerprint density at radius 1 is 1.07 bits per heavy atom. The Morgan fingerprint density at radius 2 is 1.80 bits per heavy atom. The van der Waals surface area contributed by atoms with Gasteiger partial charge in [0.05, 0.1) is 21.3 Å². The number of thiazole rings is 2. The van der Waals surface area contributed by atoms with Crippen LogP contribution in [0.4, 0.5) is 21.9 Å². The summed E-state index contributed by atoms with van der Waals surface area (Å²) in [6, 6.07) is 9.91. The van der Waals surface area contributed by atoms with E-state index < -0.39 is 5.97 Å². The van der Waals surface area contributed by atoms with Gasteiger partial charge in [0.2, 0.25) is 0 Å². The Labute approximate surface area is 263 Å².